The van der Waals surface area contributed by atoms with Crippen LogP contribution in [0.1, 0.15) is 29.7 Å². The summed E-state index contributed by atoms with van der Waals surface area (Å²) in [5.41, 5.74) is 6.76. The number of fused-ring (bicyclic) bond motifs is 1. The molecule has 1 aliphatic heterocycles. The van der Waals surface area contributed by atoms with E-state index in [1.54, 1.807) is 11.3 Å². The summed E-state index contributed by atoms with van der Waals surface area (Å²) in [7, 11) is 0. The summed E-state index contributed by atoms with van der Waals surface area (Å²) in [6, 6.07) is 2.14. The molecule has 0 unspecified atom stereocenters. The van der Waals surface area contributed by atoms with E-state index in [0.29, 0.717) is 13.0 Å². The molecule has 1 amide bonds. The van der Waals surface area contributed by atoms with Gasteiger partial charge in [-0.15, -0.1) is 11.3 Å². The maximum absolute atomic E-state index is 11.9. The molecule has 1 aromatic heterocycles. The molecule has 0 aromatic carbocycles. The van der Waals surface area contributed by atoms with Gasteiger partial charge in [0.2, 0.25) is 5.91 Å². The van der Waals surface area contributed by atoms with E-state index in [-0.39, 0.29) is 5.91 Å². The summed E-state index contributed by atoms with van der Waals surface area (Å²) >= 11 is 1.81. The third-order valence-corrected chi connectivity index (χ3v) is 4.03. The number of thiophene rings is 1. The zero-order valence-corrected chi connectivity index (χ0v) is 10.3. The molecule has 4 heteroatoms. The summed E-state index contributed by atoms with van der Waals surface area (Å²) in [6.07, 6.45) is 3.54. The highest BCUT2D eigenvalue weighted by Crippen LogP contribution is 2.24. The number of amides is 1. The third kappa shape index (κ3) is 2.62. The van der Waals surface area contributed by atoms with Gasteiger partial charge in [0.15, 0.2) is 0 Å². The van der Waals surface area contributed by atoms with Gasteiger partial charge in [-0.1, -0.05) is 0 Å². The van der Waals surface area contributed by atoms with Crippen LogP contribution in [0.3, 0.4) is 0 Å². The second-order valence-corrected chi connectivity index (χ2v) is 5.18. The summed E-state index contributed by atoms with van der Waals surface area (Å²) in [6.45, 7) is 2.37. The molecule has 88 valence electrons. The Morgan fingerprint density at radius 1 is 1.50 bits per heavy atom. The number of rotatable bonds is 4. The molecule has 0 spiro atoms. The highest BCUT2D eigenvalue weighted by atomic mass is 32.1. The average molecular weight is 238 g/mol. The van der Waals surface area contributed by atoms with Crippen LogP contribution in [0.15, 0.2) is 11.4 Å². The highest BCUT2D eigenvalue weighted by molar-refractivity contribution is 7.10. The molecular formula is C12H18N2OS. The SMILES string of the molecule is NCCCCC(=O)N1CCc2sccc2C1. The topological polar surface area (TPSA) is 46.3 Å². The number of unbranched alkanes of at least 4 members (excludes halogenated alkanes) is 1. The van der Waals surface area contributed by atoms with E-state index < -0.39 is 0 Å². The number of hydrogen-bond donors (Lipinski definition) is 1. The van der Waals surface area contributed by atoms with Gasteiger partial charge in [-0.3, -0.25) is 4.79 Å². The van der Waals surface area contributed by atoms with E-state index in [1.165, 1.54) is 10.4 Å². The fraction of sp³-hybridized carbons (Fsp3) is 0.583. The van der Waals surface area contributed by atoms with Crippen molar-refractivity contribution in [2.75, 3.05) is 13.1 Å². The molecule has 0 saturated heterocycles. The minimum atomic E-state index is 0.283. The molecule has 3 nitrogen and oxygen atoms in total. The van der Waals surface area contributed by atoms with Crippen molar-refractivity contribution in [3.8, 4) is 0 Å². The molecule has 0 atom stereocenters. The van der Waals surface area contributed by atoms with Gasteiger partial charge in [-0.25, -0.2) is 0 Å². The maximum atomic E-state index is 11.9. The highest BCUT2D eigenvalue weighted by Gasteiger charge is 2.20. The lowest BCUT2D eigenvalue weighted by Crippen LogP contribution is -2.35. The summed E-state index contributed by atoms with van der Waals surface area (Å²) in [4.78, 5) is 15.3. The molecule has 0 aliphatic carbocycles. The maximum Gasteiger partial charge on any atom is 0.222 e. The van der Waals surface area contributed by atoms with Crippen LogP contribution in [0.2, 0.25) is 0 Å². The van der Waals surface area contributed by atoms with Gasteiger partial charge in [0.05, 0.1) is 0 Å². The van der Waals surface area contributed by atoms with Crippen molar-refractivity contribution >= 4 is 17.2 Å². The van der Waals surface area contributed by atoms with Gasteiger partial charge in [0, 0.05) is 24.4 Å². The Morgan fingerprint density at radius 3 is 3.19 bits per heavy atom. The molecule has 16 heavy (non-hydrogen) atoms. The smallest absolute Gasteiger partial charge is 0.222 e. The van der Waals surface area contributed by atoms with Crippen LogP contribution in [-0.2, 0) is 17.8 Å². The normalized spacial score (nSPS) is 14.9. The van der Waals surface area contributed by atoms with Crippen LogP contribution in [0, 0.1) is 0 Å². The fourth-order valence-corrected chi connectivity index (χ4v) is 2.93. The van der Waals surface area contributed by atoms with Crippen LogP contribution >= 0.6 is 11.3 Å². The minimum absolute atomic E-state index is 0.283. The molecular weight excluding hydrogens is 220 g/mol. The zero-order valence-electron chi connectivity index (χ0n) is 9.45. The molecule has 2 heterocycles. The second kappa shape index (κ2) is 5.46. The van der Waals surface area contributed by atoms with Gasteiger partial charge in [-0.05, 0) is 42.8 Å². The fourth-order valence-electron chi connectivity index (χ4n) is 2.04. The van der Waals surface area contributed by atoms with E-state index in [4.69, 9.17) is 5.73 Å². The number of carbonyl (C=O) groups excluding carboxylic acids is 1. The van der Waals surface area contributed by atoms with Crippen molar-refractivity contribution in [1.82, 2.24) is 4.90 Å². The van der Waals surface area contributed by atoms with Crippen molar-refractivity contribution in [1.29, 1.82) is 0 Å². The van der Waals surface area contributed by atoms with E-state index in [2.05, 4.69) is 11.4 Å². The molecule has 1 aromatic rings. The molecule has 2 rings (SSSR count). The lowest BCUT2D eigenvalue weighted by Gasteiger charge is -2.27. The van der Waals surface area contributed by atoms with E-state index in [0.717, 1.165) is 32.4 Å². The van der Waals surface area contributed by atoms with Crippen molar-refractivity contribution in [2.24, 2.45) is 5.73 Å². The molecule has 0 fully saturated rings. The number of hydrogen-bond acceptors (Lipinski definition) is 3. The van der Waals surface area contributed by atoms with Gasteiger partial charge >= 0.3 is 0 Å². The Hall–Kier alpha value is -0.870. The van der Waals surface area contributed by atoms with Crippen molar-refractivity contribution < 1.29 is 4.79 Å². The lowest BCUT2D eigenvalue weighted by atomic mass is 10.1. The Labute approximate surface area is 100 Å². The van der Waals surface area contributed by atoms with Gasteiger partial charge < -0.3 is 10.6 Å². The first kappa shape index (κ1) is 11.6. The number of nitrogens with zero attached hydrogens (tertiary/aromatic N) is 1. The largest absolute Gasteiger partial charge is 0.338 e. The van der Waals surface area contributed by atoms with E-state index in [1.807, 2.05) is 4.90 Å². The van der Waals surface area contributed by atoms with Crippen LogP contribution < -0.4 is 5.73 Å². The zero-order chi connectivity index (χ0) is 11.4. The molecule has 0 radical (unpaired) electrons. The van der Waals surface area contributed by atoms with Crippen LogP contribution in [-0.4, -0.2) is 23.9 Å². The predicted molar refractivity (Wildman–Crippen MR) is 66.3 cm³/mol. The molecule has 0 bridgehead atoms. The van der Waals surface area contributed by atoms with Crippen LogP contribution in [0.5, 0.6) is 0 Å². The summed E-state index contributed by atoms with van der Waals surface area (Å²) in [5, 5.41) is 2.12. The van der Waals surface area contributed by atoms with Crippen molar-refractivity contribution in [2.45, 2.75) is 32.2 Å². The first-order valence-electron chi connectivity index (χ1n) is 5.84. The minimum Gasteiger partial charge on any atom is -0.338 e. The standard InChI is InChI=1S/C12H18N2OS/c13-6-2-1-3-12(15)14-7-4-11-10(9-14)5-8-16-11/h5,8H,1-4,6-7,9,13H2. The van der Waals surface area contributed by atoms with Gasteiger partial charge in [-0.2, -0.15) is 0 Å². The molecule has 1 aliphatic rings. The van der Waals surface area contributed by atoms with Crippen molar-refractivity contribution in [3.63, 3.8) is 0 Å². The monoisotopic (exact) mass is 238 g/mol. The van der Waals surface area contributed by atoms with Crippen LogP contribution in [0.25, 0.3) is 0 Å². The van der Waals surface area contributed by atoms with E-state index >= 15 is 0 Å². The lowest BCUT2D eigenvalue weighted by molar-refractivity contribution is -0.132. The Bertz CT molecular complexity index is 362. The van der Waals surface area contributed by atoms with Crippen LogP contribution in [0.4, 0.5) is 0 Å². The quantitative estimate of drug-likeness (QED) is 0.812. The number of carbonyl (C=O) groups is 1. The van der Waals surface area contributed by atoms with Gasteiger partial charge in [0.1, 0.15) is 0 Å². The Kier molecular flexibility index (Phi) is 3.96. The molecule has 2 N–H and O–H groups in total. The third-order valence-electron chi connectivity index (χ3n) is 3.01. The second-order valence-electron chi connectivity index (χ2n) is 4.18. The first-order chi connectivity index (χ1) is 7.81. The molecule has 0 saturated carbocycles. The van der Waals surface area contributed by atoms with E-state index in [9.17, 15) is 4.79 Å². The average Bonchev–Trinajstić information content (AvgIpc) is 2.76. The Balaban J connectivity index is 1.86. The van der Waals surface area contributed by atoms with Crippen molar-refractivity contribution in [3.05, 3.63) is 21.9 Å². The predicted octanol–water partition coefficient (Wildman–Crippen LogP) is 1.76. The number of nitrogens with two attached hydrogens (primary N) is 1. The summed E-state index contributed by atoms with van der Waals surface area (Å²) < 4.78 is 0. The Morgan fingerprint density at radius 2 is 2.38 bits per heavy atom. The first-order valence-corrected chi connectivity index (χ1v) is 6.72. The summed E-state index contributed by atoms with van der Waals surface area (Å²) in [5.74, 6) is 0.283. The van der Waals surface area contributed by atoms with Gasteiger partial charge in [0.25, 0.3) is 0 Å².